The van der Waals surface area contributed by atoms with Crippen molar-refractivity contribution in [2.24, 2.45) is 5.92 Å². The molecule has 1 saturated carbocycles. The van der Waals surface area contributed by atoms with Crippen molar-refractivity contribution in [1.29, 1.82) is 0 Å². The molecule has 37 heavy (non-hydrogen) atoms. The predicted octanol–water partition coefficient (Wildman–Crippen LogP) is 5.50. The number of fused-ring (bicyclic) bond motifs is 2. The van der Waals surface area contributed by atoms with Crippen LogP contribution in [0.25, 0.3) is 27.7 Å². The minimum absolute atomic E-state index is 0.145. The van der Waals surface area contributed by atoms with Crippen molar-refractivity contribution >= 4 is 22.5 Å². The van der Waals surface area contributed by atoms with E-state index >= 15 is 0 Å². The number of carbonyl (C=O) groups is 1. The fourth-order valence-corrected chi connectivity index (χ4v) is 5.14. The topological polar surface area (TPSA) is 84.5 Å². The highest BCUT2D eigenvalue weighted by Crippen LogP contribution is 2.33. The van der Waals surface area contributed by atoms with Gasteiger partial charge in [0.25, 0.3) is 5.91 Å². The van der Waals surface area contributed by atoms with Crippen molar-refractivity contribution in [1.82, 2.24) is 24.5 Å². The molecule has 9 heteroatoms. The highest BCUT2D eigenvalue weighted by Gasteiger charge is 2.24. The third-order valence-corrected chi connectivity index (χ3v) is 7.28. The van der Waals surface area contributed by atoms with E-state index in [0.29, 0.717) is 6.54 Å². The second-order valence-electron chi connectivity index (χ2n) is 9.66. The molecule has 5 aromatic rings. The second-order valence-corrected chi connectivity index (χ2v) is 9.66. The number of halogens is 2. The van der Waals surface area contributed by atoms with Gasteiger partial charge in [0.05, 0.1) is 11.6 Å². The monoisotopic (exact) mass is 501 g/mol. The number of phenols is 1. The van der Waals surface area contributed by atoms with Gasteiger partial charge in [-0.3, -0.25) is 9.48 Å². The van der Waals surface area contributed by atoms with Gasteiger partial charge in [0.1, 0.15) is 5.65 Å². The summed E-state index contributed by atoms with van der Waals surface area (Å²) >= 11 is 0. The largest absolute Gasteiger partial charge is 0.503 e. The molecule has 188 valence electrons. The summed E-state index contributed by atoms with van der Waals surface area (Å²) in [6, 6.07) is 12.4. The van der Waals surface area contributed by atoms with E-state index in [4.69, 9.17) is 5.10 Å². The Bertz CT molecular complexity index is 1590. The van der Waals surface area contributed by atoms with Crippen LogP contribution in [0.3, 0.4) is 0 Å². The summed E-state index contributed by atoms with van der Waals surface area (Å²) in [5.74, 6) is -3.65. The van der Waals surface area contributed by atoms with E-state index in [-0.39, 0.29) is 17.5 Å². The number of carbonyl (C=O) groups excluding carboxylic acids is 1. The van der Waals surface area contributed by atoms with Crippen LogP contribution in [0.15, 0.2) is 67.3 Å². The van der Waals surface area contributed by atoms with Crippen LogP contribution in [0.4, 0.5) is 8.78 Å². The number of hydrogen-bond acceptors (Lipinski definition) is 4. The highest BCUT2D eigenvalue weighted by molar-refractivity contribution is 5.94. The van der Waals surface area contributed by atoms with Crippen LogP contribution in [-0.2, 0) is 0 Å². The Labute approximate surface area is 211 Å². The Morgan fingerprint density at radius 1 is 1.00 bits per heavy atom. The highest BCUT2D eigenvalue weighted by atomic mass is 19.1. The lowest BCUT2D eigenvalue weighted by molar-refractivity contribution is 0.0940. The van der Waals surface area contributed by atoms with Gasteiger partial charge in [0, 0.05) is 42.3 Å². The molecule has 1 aliphatic carbocycles. The number of amides is 1. The standard InChI is InChI=1S/C28H25F2N5O2/c29-23-11-21(12-24(30)27(23)36)28(37)32-15-17-1-5-22(6-2-17)35-16-20-4-3-18(13-25(20)33-35)19-7-9-34-10-8-31-26(34)14-19/h3-4,7-14,16-17,22,36H,1-2,5-6,15H2,(H,32,37)/t17-,22-. The number of aromatic nitrogens is 4. The zero-order valence-electron chi connectivity index (χ0n) is 19.9. The Morgan fingerprint density at radius 2 is 1.76 bits per heavy atom. The van der Waals surface area contributed by atoms with Gasteiger partial charge < -0.3 is 14.8 Å². The summed E-state index contributed by atoms with van der Waals surface area (Å²) in [5.41, 5.74) is 3.89. The fraction of sp³-hybridized carbons (Fsp3) is 0.250. The van der Waals surface area contributed by atoms with E-state index < -0.39 is 23.3 Å². The third kappa shape index (κ3) is 4.52. The number of hydrogen-bond donors (Lipinski definition) is 2. The molecule has 2 N–H and O–H groups in total. The van der Waals surface area contributed by atoms with Gasteiger partial charge in [-0.25, -0.2) is 13.8 Å². The zero-order valence-corrected chi connectivity index (χ0v) is 19.9. The predicted molar refractivity (Wildman–Crippen MR) is 135 cm³/mol. The third-order valence-electron chi connectivity index (χ3n) is 7.28. The Morgan fingerprint density at radius 3 is 2.54 bits per heavy atom. The van der Waals surface area contributed by atoms with Crippen LogP contribution in [0.5, 0.6) is 5.75 Å². The molecule has 6 rings (SSSR count). The molecule has 0 atom stereocenters. The smallest absolute Gasteiger partial charge is 0.251 e. The molecule has 1 aliphatic rings. The average molecular weight is 502 g/mol. The number of aromatic hydroxyl groups is 1. The number of nitrogens with zero attached hydrogens (tertiary/aromatic N) is 4. The summed E-state index contributed by atoms with van der Waals surface area (Å²) in [7, 11) is 0. The molecule has 0 radical (unpaired) electrons. The van der Waals surface area contributed by atoms with E-state index in [1.807, 2.05) is 16.8 Å². The van der Waals surface area contributed by atoms with Gasteiger partial charge in [0.15, 0.2) is 17.4 Å². The first-order chi connectivity index (χ1) is 17.9. The molecule has 3 aromatic heterocycles. The summed E-state index contributed by atoms with van der Waals surface area (Å²) in [4.78, 5) is 16.7. The Balaban J connectivity index is 1.08. The quantitative estimate of drug-likeness (QED) is 0.333. The molecule has 0 aliphatic heterocycles. The molecule has 0 unspecified atom stereocenters. The second kappa shape index (κ2) is 9.31. The SMILES string of the molecule is O=C(NC[C@H]1CC[C@H](n2cc3ccc(-c4ccn5ccnc5c4)cc3n2)CC1)c1cc(F)c(O)c(F)c1. The maximum atomic E-state index is 13.5. The van der Waals surface area contributed by atoms with Gasteiger partial charge in [0.2, 0.25) is 0 Å². The molecular formula is C28H25F2N5O2. The number of nitrogens with one attached hydrogen (secondary N) is 1. The average Bonchev–Trinajstić information content (AvgIpc) is 3.56. The van der Waals surface area contributed by atoms with Crippen LogP contribution in [-0.4, -0.2) is 36.7 Å². The maximum absolute atomic E-state index is 13.5. The first kappa shape index (κ1) is 23.1. The summed E-state index contributed by atoms with van der Waals surface area (Å²) in [6.45, 7) is 0.432. The molecule has 7 nitrogen and oxygen atoms in total. The summed E-state index contributed by atoms with van der Waals surface area (Å²) in [6.07, 6.45) is 11.5. The normalized spacial score (nSPS) is 17.9. The molecule has 0 spiro atoms. The van der Waals surface area contributed by atoms with Crippen molar-refractivity contribution in [3.63, 3.8) is 0 Å². The Hall–Kier alpha value is -4.27. The van der Waals surface area contributed by atoms with Crippen molar-refractivity contribution in [2.45, 2.75) is 31.7 Å². The molecule has 1 fully saturated rings. The van der Waals surface area contributed by atoms with Gasteiger partial charge in [-0.15, -0.1) is 0 Å². The van der Waals surface area contributed by atoms with Crippen molar-refractivity contribution < 1.29 is 18.7 Å². The van der Waals surface area contributed by atoms with E-state index in [9.17, 15) is 18.7 Å². The summed E-state index contributed by atoms with van der Waals surface area (Å²) in [5, 5.41) is 17.9. The van der Waals surface area contributed by atoms with Crippen molar-refractivity contribution in [3.8, 4) is 16.9 Å². The molecule has 0 saturated heterocycles. The van der Waals surface area contributed by atoms with Crippen LogP contribution in [0.1, 0.15) is 42.1 Å². The van der Waals surface area contributed by atoms with Crippen LogP contribution in [0, 0.1) is 17.6 Å². The number of rotatable bonds is 5. The lowest BCUT2D eigenvalue weighted by Gasteiger charge is -2.28. The maximum Gasteiger partial charge on any atom is 0.251 e. The minimum atomic E-state index is -1.15. The number of imidazole rings is 1. The van der Waals surface area contributed by atoms with Gasteiger partial charge >= 0.3 is 0 Å². The Kier molecular flexibility index (Phi) is 5.82. The molecular weight excluding hydrogens is 476 g/mol. The van der Waals surface area contributed by atoms with E-state index in [2.05, 4.69) is 51.5 Å². The molecule has 2 aromatic carbocycles. The molecule has 1 amide bonds. The van der Waals surface area contributed by atoms with Crippen LogP contribution in [0.2, 0.25) is 0 Å². The molecule has 3 heterocycles. The van der Waals surface area contributed by atoms with E-state index in [1.54, 1.807) is 6.20 Å². The van der Waals surface area contributed by atoms with E-state index in [1.165, 1.54) is 0 Å². The number of pyridine rings is 1. The lowest BCUT2D eigenvalue weighted by atomic mass is 9.86. The summed E-state index contributed by atoms with van der Waals surface area (Å²) < 4.78 is 31.1. The van der Waals surface area contributed by atoms with Crippen LogP contribution >= 0.6 is 0 Å². The van der Waals surface area contributed by atoms with Gasteiger partial charge in [-0.05, 0) is 73.1 Å². The first-order valence-electron chi connectivity index (χ1n) is 12.3. The zero-order chi connectivity index (χ0) is 25.5. The van der Waals surface area contributed by atoms with Crippen molar-refractivity contribution in [3.05, 3.63) is 84.4 Å². The van der Waals surface area contributed by atoms with Gasteiger partial charge in [-0.1, -0.05) is 12.1 Å². The lowest BCUT2D eigenvalue weighted by Crippen LogP contribution is -2.31. The molecule has 0 bridgehead atoms. The van der Waals surface area contributed by atoms with Crippen molar-refractivity contribution in [2.75, 3.05) is 6.54 Å². The van der Waals surface area contributed by atoms with E-state index in [0.717, 1.165) is 65.5 Å². The fourth-order valence-electron chi connectivity index (χ4n) is 5.14. The van der Waals surface area contributed by atoms with Gasteiger partial charge in [-0.2, -0.15) is 5.10 Å². The first-order valence-corrected chi connectivity index (χ1v) is 12.3. The minimum Gasteiger partial charge on any atom is -0.503 e. The van der Waals surface area contributed by atoms with Crippen LogP contribution < -0.4 is 5.32 Å². The number of benzene rings is 2. The number of phenolic OH excluding ortho intramolecular Hbond substituents is 1.